The number of benzene rings is 2. The number of pyridine rings is 1. The molecule has 5 rings (SSSR count). The third kappa shape index (κ3) is 4.65. The number of fused-ring (bicyclic) bond motifs is 5. The minimum Gasteiger partial charge on any atom is -0.384 e. The average molecular weight is 525 g/mol. The van der Waals surface area contributed by atoms with E-state index in [1.807, 2.05) is 49.3 Å². The van der Waals surface area contributed by atoms with E-state index < -0.39 is 10.0 Å². The van der Waals surface area contributed by atoms with E-state index in [-0.39, 0.29) is 42.0 Å². The first-order chi connectivity index (χ1) is 17.7. The zero-order chi connectivity index (χ0) is 26.3. The summed E-state index contributed by atoms with van der Waals surface area (Å²) in [5.41, 5.74) is 1.76. The van der Waals surface area contributed by atoms with E-state index in [0.29, 0.717) is 29.9 Å². The molecule has 0 aliphatic carbocycles. The molecular formula is C27H32N4O5S. The third-order valence-electron chi connectivity index (χ3n) is 7.34. The van der Waals surface area contributed by atoms with Crippen LogP contribution in [-0.2, 0) is 26.1 Å². The Labute approximate surface area is 216 Å². The van der Waals surface area contributed by atoms with Crippen molar-refractivity contribution in [2.24, 2.45) is 5.92 Å². The number of amides is 1. The highest BCUT2D eigenvalue weighted by atomic mass is 32.2. The van der Waals surface area contributed by atoms with Crippen LogP contribution in [0.15, 0.2) is 58.2 Å². The second-order valence-corrected chi connectivity index (χ2v) is 11.9. The van der Waals surface area contributed by atoms with Crippen LogP contribution in [-0.4, -0.2) is 64.1 Å². The molecule has 0 radical (unpaired) electrons. The van der Waals surface area contributed by atoms with E-state index in [2.05, 4.69) is 5.32 Å². The second kappa shape index (κ2) is 9.92. The first kappa shape index (κ1) is 25.4. The minimum absolute atomic E-state index is 0.00507. The number of nitrogens with zero attached hydrogens (tertiary/aromatic N) is 3. The van der Waals surface area contributed by atoms with Crippen LogP contribution in [0.2, 0.25) is 0 Å². The molecule has 2 atom stereocenters. The maximum atomic E-state index is 13.9. The lowest BCUT2D eigenvalue weighted by atomic mass is 9.84. The monoisotopic (exact) mass is 524 g/mol. The molecule has 1 aromatic heterocycles. The number of nitrogens with one attached hydrogen (secondary N) is 1. The standard InChI is InChI=1S/C27H32N4O5S/c1-29(2)24-8-4-7-21-20(24)6-5-9-25(21)37(34,35)30-15-18-14-19(17-30)23-11-10-22(27(33)31(23)16-18)28-26(32)12-13-36-3/h4-11,18-19H,12-17H2,1-3H3,(H,28,32)/t18-,19+/m0/s1. The van der Waals surface area contributed by atoms with Gasteiger partial charge in [-0.05, 0) is 36.6 Å². The van der Waals surface area contributed by atoms with Gasteiger partial charge in [-0.3, -0.25) is 9.59 Å². The van der Waals surface area contributed by atoms with Crippen LogP contribution in [0.4, 0.5) is 11.4 Å². The van der Waals surface area contributed by atoms with Crippen LogP contribution in [0.1, 0.15) is 24.5 Å². The fourth-order valence-corrected chi connectivity index (χ4v) is 7.39. The molecule has 196 valence electrons. The Kier molecular flexibility index (Phi) is 6.82. The van der Waals surface area contributed by atoms with Crippen molar-refractivity contribution in [1.29, 1.82) is 0 Å². The van der Waals surface area contributed by atoms with Gasteiger partial charge < -0.3 is 19.5 Å². The first-order valence-electron chi connectivity index (χ1n) is 12.4. The zero-order valence-electron chi connectivity index (χ0n) is 21.3. The molecule has 0 unspecified atom stereocenters. The number of carbonyl (C=O) groups excluding carboxylic acids is 1. The molecule has 3 aromatic rings. The van der Waals surface area contributed by atoms with Crippen LogP contribution in [0.25, 0.3) is 10.8 Å². The Morgan fingerprint density at radius 3 is 2.57 bits per heavy atom. The van der Waals surface area contributed by atoms with Gasteiger partial charge in [0.25, 0.3) is 5.56 Å². The number of carbonyl (C=O) groups is 1. The van der Waals surface area contributed by atoms with Crippen molar-refractivity contribution in [3.63, 3.8) is 0 Å². The van der Waals surface area contributed by atoms with Crippen molar-refractivity contribution in [3.05, 3.63) is 64.6 Å². The molecule has 1 amide bonds. The zero-order valence-corrected chi connectivity index (χ0v) is 22.1. The van der Waals surface area contributed by atoms with Gasteiger partial charge in [0.05, 0.1) is 17.9 Å². The Morgan fingerprint density at radius 2 is 1.81 bits per heavy atom. The van der Waals surface area contributed by atoms with Gasteiger partial charge in [-0.1, -0.05) is 24.3 Å². The Balaban J connectivity index is 1.45. The van der Waals surface area contributed by atoms with Crippen molar-refractivity contribution in [1.82, 2.24) is 8.87 Å². The normalized spacial score (nSPS) is 19.4. The number of hydrogen-bond acceptors (Lipinski definition) is 6. The topological polar surface area (TPSA) is 101 Å². The molecule has 3 heterocycles. The summed E-state index contributed by atoms with van der Waals surface area (Å²) < 4.78 is 36.1. The number of rotatable bonds is 7. The number of ether oxygens (including phenoxy) is 1. The predicted octanol–water partition coefficient (Wildman–Crippen LogP) is 2.85. The molecule has 0 saturated carbocycles. The SMILES string of the molecule is COCCC(=O)Nc1ccc2n(c1=O)C[C@H]1C[C@@H]2CN(S(=O)(=O)c2cccc3c(N(C)C)cccc23)C1. The molecule has 2 aliphatic rings. The summed E-state index contributed by atoms with van der Waals surface area (Å²) in [6, 6.07) is 14.6. The molecule has 37 heavy (non-hydrogen) atoms. The molecular weight excluding hydrogens is 492 g/mol. The summed E-state index contributed by atoms with van der Waals surface area (Å²) in [4.78, 5) is 27.6. The maximum absolute atomic E-state index is 13.9. The quantitative estimate of drug-likeness (QED) is 0.510. The van der Waals surface area contributed by atoms with E-state index in [0.717, 1.165) is 23.2 Å². The second-order valence-electron chi connectivity index (χ2n) is 10.0. The van der Waals surface area contributed by atoms with Crippen molar-refractivity contribution in [3.8, 4) is 0 Å². The number of aromatic nitrogens is 1. The van der Waals surface area contributed by atoms with Gasteiger partial charge in [-0.25, -0.2) is 8.42 Å². The maximum Gasteiger partial charge on any atom is 0.274 e. The Morgan fingerprint density at radius 1 is 1.05 bits per heavy atom. The van der Waals surface area contributed by atoms with Gasteiger partial charge in [0, 0.05) is 68.9 Å². The van der Waals surface area contributed by atoms with Crippen LogP contribution < -0.4 is 15.8 Å². The summed E-state index contributed by atoms with van der Waals surface area (Å²) in [6.07, 6.45) is 0.991. The minimum atomic E-state index is -3.76. The van der Waals surface area contributed by atoms with E-state index in [4.69, 9.17) is 4.74 Å². The smallest absolute Gasteiger partial charge is 0.274 e. The molecule has 2 aliphatic heterocycles. The lowest BCUT2D eigenvalue weighted by Crippen LogP contribution is -2.49. The highest BCUT2D eigenvalue weighted by Crippen LogP contribution is 2.39. The van der Waals surface area contributed by atoms with Gasteiger partial charge >= 0.3 is 0 Å². The van der Waals surface area contributed by atoms with Gasteiger partial charge in [0.1, 0.15) is 5.69 Å². The summed E-state index contributed by atoms with van der Waals surface area (Å²) in [5, 5.41) is 4.28. The fraction of sp³-hybridized carbons (Fsp3) is 0.407. The van der Waals surface area contributed by atoms with Crippen LogP contribution >= 0.6 is 0 Å². The van der Waals surface area contributed by atoms with Crippen LogP contribution in [0, 0.1) is 5.92 Å². The summed E-state index contributed by atoms with van der Waals surface area (Å²) in [5.74, 6) is -0.369. The fourth-order valence-electron chi connectivity index (χ4n) is 5.62. The number of methoxy groups -OCH3 is 1. The molecule has 1 saturated heterocycles. The highest BCUT2D eigenvalue weighted by Gasteiger charge is 2.40. The van der Waals surface area contributed by atoms with Crippen molar-refractivity contribution in [2.75, 3.05) is 51.1 Å². The molecule has 9 nitrogen and oxygen atoms in total. The molecule has 2 aromatic carbocycles. The van der Waals surface area contributed by atoms with E-state index >= 15 is 0 Å². The van der Waals surface area contributed by atoms with Crippen molar-refractivity contribution in [2.45, 2.75) is 30.2 Å². The summed E-state index contributed by atoms with van der Waals surface area (Å²) >= 11 is 0. The number of sulfonamides is 1. The first-order valence-corrected chi connectivity index (χ1v) is 13.9. The lowest BCUT2D eigenvalue weighted by Gasteiger charge is -2.42. The van der Waals surface area contributed by atoms with Gasteiger partial charge in [0.15, 0.2) is 0 Å². The molecule has 0 spiro atoms. The van der Waals surface area contributed by atoms with Crippen LogP contribution in [0.3, 0.4) is 0 Å². The van der Waals surface area contributed by atoms with Crippen molar-refractivity contribution >= 4 is 38.1 Å². The molecule has 1 fully saturated rings. The van der Waals surface area contributed by atoms with Gasteiger partial charge in [0.2, 0.25) is 15.9 Å². The molecule has 10 heteroatoms. The van der Waals surface area contributed by atoms with Crippen molar-refractivity contribution < 1.29 is 17.9 Å². The third-order valence-corrected chi connectivity index (χ3v) is 9.23. The van der Waals surface area contributed by atoms with Gasteiger partial charge in [-0.15, -0.1) is 0 Å². The number of hydrogen-bond donors (Lipinski definition) is 1. The Hall–Kier alpha value is -3.21. The lowest BCUT2D eigenvalue weighted by molar-refractivity contribution is -0.117. The predicted molar refractivity (Wildman–Crippen MR) is 144 cm³/mol. The molecule has 2 bridgehead atoms. The highest BCUT2D eigenvalue weighted by molar-refractivity contribution is 7.89. The molecule has 1 N–H and O–H groups in total. The summed E-state index contributed by atoms with van der Waals surface area (Å²) in [7, 11) is 1.64. The summed E-state index contributed by atoms with van der Waals surface area (Å²) in [6.45, 7) is 1.35. The largest absolute Gasteiger partial charge is 0.384 e. The van der Waals surface area contributed by atoms with E-state index in [1.165, 1.54) is 7.11 Å². The van der Waals surface area contributed by atoms with Crippen LogP contribution in [0.5, 0.6) is 0 Å². The van der Waals surface area contributed by atoms with E-state index in [9.17, 15) is 18.0 Å². The van der Waals surface area contributed by atoms with Gasteiger partial charge in [-0.2, -0.15) is 4.31 Å². The number of anilines is 2. The van der Waals surface area contributed by atoms with E-state index in [1.54, 1.807) is 27.1 Å². The Bertz CT molecular complexity index is 1510. The number of piperidine rings is 1. The average Bonchev–Trinajstić information content (AvgIpc) is 2.88.